The number of imidazole rings is 1. The summed E-state index contributed by atoms with van der Waals surface area (Å²) in [5.41, 5.74) is 6.31. The van der Waals surface area contributed by atoms with Crippen LogP contribution in [0.15, 0.2) is 42.6 Å². The highest BCUT2D eigenvalue weighted by atomic mass is 32.1. The number of nitriles is 1. The lowest BCUT2D eigenvalue weighted by molar-refractivity contribution is -0.126. The predicted octanol–water partition coefficient (Wildman–Crippen LogP) is 5.98. The van der Waals surface area contributed by atoms with E-state index in [1.165, 1.54) is 28.6 Å². The zero-order chi connectivity index (χ0) is 27.9. The number of rotatable bonds is 7. The average molecular weight is 564 g/mol. The Morgan fingerprint density at radius 3 is 2.77 bits per heavy atom. The number of allylic oxidation sites excluding steroid dienone is 1. The van der Waals surface area contributed by atoms with E-state index in [1.807, 2.05) is 12.3 Å². The summed E-state index contributed by atoms with van der Waals surface area (Å²) in [7, 11) is 0. The first-order valence-corrected chi connectivity index (χ1v) is 14.0. The summed E-state index contributed by atoms with van der Waals surface area (Å²) in [6.07, 6.45) is 4.68. The monoisotopic (exact) mass is 563 g/mol. The molecule has 1 fully saturated rings. The van der Waals surface area contributed by atoms with Crippen molar-refractivity contribution in [3.63, 3.8) is 0 Å². The number of likely N-dealkylation sites (tertiary alicyclic amines) is 1. The normalized spacial score (nSPS) is 17.0. The van der Waals surface area contributed by atoms with Gasteiger partial charge in [0.15, 0.2) is 0 Å². The van der Waals surface area contributed by atoms with Crippen molar-refractivity contribution < 1.29 is 13.2 Å². The lowest BCUT2D eigenvalue weighted by atomic mass is 9.83. The van der Waals surface area contributed by atoms with Crippen LogP contribution in [0, 0.1) is 18.3 Å². The fourth-order valence-corrected chi connectivity index (χ4v) is 6.90. The van der Waals surface area contributed by atoms with E-state index in [0.717, 1.165) is 55.1 Å². The summed E-state index contributed by atoms with van der Waals surface area (Å²) in [6.45, 7) is 4.63. The standard InChI is InChI=1S/C29H28F3N7S/c1-18-21(3-2-20-8-19(13-33)9-24(18)20)15-39-6-4-28(5-7-39,11-22-14-34-16-35-22)38-26-25-10-23(12-29(30,31)32)40-27(25)37-17-36-26/h2-3,9-10,14,16-17H,4-8,11-12,15H2,1H3,(H,34,35)(H,36,37,38). The molecule has 3 aromatic heterocycles. The maximum Gasteiger partial charge on any atom is 0.393 e. The lowest BCUT2D eigenvalue weighted by Crippen LogP contribution is -2.50. The molecule has 6 rings (SSSR count). The topological polar surface area (TPSA) is 93.5 Å². The van der Waals surface area contributed by atoms with Gasteiger partial charge in [-0.1, -0.05) is 12.1 Å². The summed E-state index contributed by atoms with van der Waals surface area (Å²) < 4.78 is 39.2. The van der Waals surface area contributed by atoms with Gasteiger partial charge in [-0.25, -0.2) is 15.0 Å². The molecular formula is C29H28F3N7S. The van der Waals surface area contributed by atoms with Gasteiger partial charge in [0.25, 0.3) is 0 Å². The van der Waals surface area contributed by atoms with Crippen LogP contribution in [0.5, 0.6) is 0 Å². The number of halogens is 3. The number of aromatic nitrogens is 4. The van der Waals surface area contributed by atoms with Crippen molar-refractivity contribution in [3.05, 3.63) is 75.4 Å². The molecule has 1 aliphatic heterocycles. The summed E-state index contributed by atoms with van der Waals surface area (Å²) in [5, 5.41) is 13.6. The Morgan fingerprint density at radius 2 is 2.05 bits per heavy atom. The molecule has 4 aromatic rings. The molecule has 1 aliphatic carbocycles. The van der Waals surface area contributed by atoms with Crippen molar-refractivity contribution >= 4 is 33.4 Å². The number of anilines is 1. The third kappa shape index (κ3) is 5.46. The summed E-state index contributed by atoms with van der Waals surface area (Å²) in [6, 6.07) is 8.17. The smallest absolute Gasteiger partial charge is 0.364 e. The molecule has 0 saturated carbocycles. The molecule has 2 N–H and O–H groups in total. The maximum absolute atomic E-state index is 13.1. The number of hydrogen-bond acceptors (Lipinski definition) is 7. The first-order valence-electron chi connectivity index (χ1n) is 13.2. The largest absolute Gasteiger partial charge is 0.393 e. The third-order valence-electron chi connectivity index (χ3n) is 7.99. The predicted molar refractivity (Wildman–Crippen MR) is 149 cm³/mol. The van der Waals surface area contributed by atoms with E-state index in [-0.39, 0.29) is 10.4 Å². The molecule has 2 aliphatic rings. The van der Waals surface area contributed by atoms with Gasteiger partial charge in [-0.15, -0.1) is 11.3 Å². The van der Waals surface area contributed by atoms with E-state index in [1.54, 1.807) is 12.4 Å². The van der Waals surface area contributed by atoms with E-state index in [2.05, 4.69) is 55.3 Å². The van der Waals surface area contributed by atoms with Crippen molar-refractivity contribution in [1.82, 2.24) is 24.8 Å². The van der Waals surface area contributed by atoms with Crippen LogP contribution in [0.4, 0.5) is 19.0 Å². The first kappa shape index (κ1) is 26.5. The zero-order valence-electron chi connectivity index (χ0n) is 22.0. The number of aromatic amines is 1. The van der Waals surface area contributed by atoms with Gasteiger partial charge in [-0.2, -0.15) is 18.4 Å². The molecule has 0 spiro atoms. The Balaban J connectivity index is 1.22. The Hall–Kier alpha value is -3.75. The van der Waals surface area contributed by atoms with Crippen LogP contribution in [-0.4, -0.2) is 49.6 Å². The van der Waals surface area contributed by atoms with Crippen LogP contribution in [0.3, 0.4) is 0 Å². The first-order chi connectivity index (χ1) is 19.2. The summed E-state index contributed by atoms with van der Waals surface area (Å²) in [5.74, 6) is 0.567. The van der Waals surface area contributed by atoms with Gasteiger partial charge < -0.3 is 10.3 Å². The Kier molecular flexibility index (Phi) is 6.84. The summed E-state index contributed by atoms with van der Waals surface area (Å²) in [4.78, 5) is 19.3. The van der Waals surface area contributed by atoms with Crippen LogP contribution in [0.25, 0.3) is 16.3 Å². The molecule has 40 heavy (non-hydrogen) atoms. The van der Waals surface area contributed by atoms with Crippen molar-refractivity contribution in [3.8, 4) is 6.07 Å². The second-order valence-electron chi connectivity index (χ2n) is 10.8. The molecule has 0 amide bonds. The Morgan fingerprint density at radius 1 is 1.23 bits per heavy atom. The van der Waals surface area contributed by atoms with E-state index in [9.17, 15) is 18.4 Å². The van der Waals surface area contributed by atoms with Gasteiger partial charge >= 0.3 is 6.18 Å². The maximum atomic E-state index is 13.1. The van der Waals surface area contributed by atoms with Crippen LogP contribution >= 0.6 is 11.3 Å². The minimum atomic E-state index is -4.28. The number of H-pyrrole nitrogens is 1. The molecule has 0 radical (unpaired) electrons. The second kappa shape index (κ2) is 10.3. The van der Waals surface area contributed by atoms with Gasteiger partial charge in [0.1, 0.15) is 17.0 Å². The average Bonchev–Trinajstić information content (AvgIpc) is 3.66. The molecular weight excluding hydrogens is 535 g/mol. The fourth-order valence-electron chi connectivity index (χ4n) is 5.87. The van der Waals surface area contributed by atoms with Gasteiger partial charge in [0.05, 0.1) is 24.2 Å². The van der Waals surface area contributed by atoms with Crippen LogP contribution in [0.1, 0.15) is 45.7 Å². The van der Waals surface area contributed by atoms with E-state index < -0.39 is 12.6 Å². The fraction of sp³-hybridized carbons (Fsp3) is 0.379. The molecule has 11 heteroatoms. The SMILES string of the molecule is Cc1c(CN2CCC(Cc3cnc[nH]3)(Nc3ncnc4sc(CC(F)(F)F)cc34)CC2)ccc2c1C=C(C#N)C2. The summed E-state index contributed by atoms with van der Waals surface area (Å²) >= 11 is 1.06. The number of nitrogens with one attached hydrogen (secondary N) is 2. The molecule has 0 atom stereocenters. The van der Waals surface area contributed by atoms with Crippen molar-refractivity contribution in [2.24, 2.45) is 0 Å². The van der Waals surface area contributed by atoms with Gasteiger partial charge in [-0.05, 0) is 54.2 Å². The zero-order valence-corrected chi connectivity index (χ0v) is 22.8. The number of nitrogens with zero attached hydrogens (tertiary/aromatic N) is 5. The molecule has 1 aromatic carbocycles. The third-order valence-corrected chi connectivity index (χ3v) is 9.03. The highest BCUT2D eigenvalue weighted by Crippen LogP contribution is 2.37. The second-order valence-corrected chi connectivity index (χ2v) is 11.9. The quantitative estimate of drug-likeness (QED) is 0.287. The highest BCUT2D eigenvalue weighted by molar-refractivity contribution is 7.18. The minimum Gasteiger partial charge on any atom is -0.364 e. The van der Waals surface area contributed by atoms with Crippen LogP contribution in [0.2, 0.25) is 0 Å². The highest BCUT2D eigenvalue weighted by Gasteiger charge is 2.37. The van der Waals surface area contributed by atoms with Gasteiger partial charge in [0, 0.05) is 60.4 Å². The number of piperidine rings is 1. The molecule has 4 heterocycles. The van der Waals surface area contributed by atoms with Gasteiger partial charge in [0.2, 0.25) is 0 Å². The van der Waals surface area contributed by atoms with Crippen molar-refractivity contribution in [1.29, 1.82) is 5.26 Å². The molecule has 0 unspecified atom stereocenters. The van der Waals surface area contributed by atoms with Crippen molar-refractivity contribution in [2.75, 3.05) is 18.4 Å². The number of hydrogen-bond donors (Lipinski definition) is 2. The number of fused-ring (bicyclic) bond motifs is 2. The van der Waals surface area contributed by atoms with E-state index in [0.29, 0.717) is 28.9 Å². The number of alkyl halides is 3. The lowest BCUT2D eigenvalue weighted by Gasteiger charge is -2.43. The Labute approximate surface area is 233 Å². The van der Waals surface area contributed by atoms with Crippen LogP contribution in [-0.2, 0) is 25.8 Å². The number of thiophene rings is 1. The van der Waals surface area contributed by atoms with Crippen LogP contribution < -0.4 is 5.32 Å². The number of benzene rings is 1. The van der Waals surface area contributed by atoms with Gasteiger partial charge in [-0.3, -0.25) is 4.90 Å². The molecule has 7 nitrogen and oxygen atoms in total. The van der Waals surface area contributed by atoms with E-state index >= 15 is 0 Å². The minimum absolute atomic E-state index is 0.227. The molecule has 206 valence electrons. The van der Waals surface area contributed by atoms with Crippen molar-refractivity contribution in [2.45, 2.75) is 57.3 Å². The van der Waals surface area contributed by atoms with E-state index in [4.69, 9.17) is 0 Å². The molecule has 0 bridgehead atoms. The molecule has 1 saturated heterocycles. The Bertz CT molecular complexity index is 1610.